The quantitative estimate of drug-likeness (QED) is 0.365. The summed E-state index contributed by atoms with van der Waals surface area (Å²) >= 11 is 3.27. The van der Waals surface area contributed by atoms with Crippen LogP contribution in [0.5, 0.6) is 5.75 Å². The van der Waals surface area contributed by atoms with Gasteiger partial charge in [0.2, 0.25) is 0 Å². The van der Waals surface area contributed by atoms with Crippen LogP contribution in [0, 0.1) is 0 Å². The SMILES string of the molecule is NC(N)=NCC(=O)Oc1ccc(Br)cc1. The Labute approximate surface area is 95.2 Å². The summed E-state index contributed by atoms with van der Waals surface area (Å²) in [5, 5.41) is 0. The van der Waals surface area contributed by atoms with Gasteiger partial charge in [-0.15, -0.1) is 0 Å². The van der Waals surface area contributed by atoms with E-state index in [1.54, 1.807) is 24.3 Å². The fourth-order valence-electron chi connectivity index (χ4n) is 0.822. The molecule has 0 spiro atoms. The minimum atomic E-state index is -0.509. The zero-order chi connectivity index (χ0) is 11.3. The van der Waals surface area contributed by atoms with Crippen LogP contribution >= 0.6 is 15.9 Å². The Morgan fingerprint density at radius 1 is 1.33 bits per heavy atom. The lowest BCUT2D eigenvalue weighted by molar-refractivity contribution is -0.132. The van der Waals surface area contributed by atoms with Crippen LogP contribution in [0.2, 0.25) is 0 Å². The van der Waals surface area contributed by atoms with Crippen LogP contribution in [0.3, 0.4) is 0 Å². The predicted octanol–water partition coefficient (Wildman–Crippen LogP) is 0.628. The lowest BCUT2D eigenvalue weighted by Crippen LogP contribution is -2.25. The standard InChI is InChI=1S/C9H10BrN3O2/c10-6-1-3-7(4-2-6)15-8(14)5-13-9(11)12/h1-4H,5H2,(H4,11,12,13). The maximum Gasteiger partial charge on any atom is 0.333 e. The number of halogens is 1. The van der Waals surface area contributed by atoms with Crippen molar-refractivity contribution in [1.82, 2.24) is 0 Å². The van der Waals surface area contributed by atoms with Gasteiger partial charge in [0.25, 0.3) is 0 Å². The maximum atomic E-state index is 11.1. The fourth-order valence-corrected chi connectivity index (χ4v) is 1.09. The molecule has 0 atom stereocenters. The molecule has 15 heavy (non-hydrogen) atoms. The van der Waals surface area contributed by atoms with Crippen molar-refractivity contribution >= 4 is 27.9 Å². The van der Waals surface area contributed by atoms with Crippen LogP contribution in [-0.2, 0) is 4.79 Å². The van der Waals surface area contributed by atoms with Crippen LogP contribution in [0.25, 0.3) is 0 Å². The second-order valence-corrected chi connectivity index (χ2v) is 3.58. The van der Waals surface area contributed by atoms with E-state index >= 15 is 0 Å². The number of benzene rings is 1. The molecule has 0 aromatic heterocycles. The van der Waals surface area contributed by atoms with E-state index in [4.69, 9.17) is 16.2 Å². The number of aliphatic imine (C=N–C) groups is 1. The Bertz CT molecular complexity index is 371. The molecule has 0 saturated heterocycles. The van der Waals surface area contributed by atoms with Crippen LogP contribution in [0.1, 0.15) is 0 Å². The summed E-state index contributed by atoms with van der Waals surface area (Å²) in [7, 11) is 0. The van der Waals surface area contributed by atoms with E-state index in [1.165, 1.54) is 0 Å². The second kappa shape index (κ2) is 5.35. The summed E-state index contributed by atoms with van der Waals surface area (Å²) < 4.78 is 5.85. The molecule has 0 saturated carbocycles. The molecular formula is C9H10BrN3O2. The van der Waals surface area contributed by atoms with Gasteiger partial charge in [0.1, 0.15) is 12.3 Å². The van der Waals surface area contributed by atoms with Gasteiger partial charge in [0.05, 0.1) is 0 Å². The number of hydrogen-bond donors (Lipinski definition) is 2. The molecule has 0 bridgehead atoms. The lowest BCUT2D eigenvalue weighted by Gasteiger charge is -2.01. The first-order valence-corrected chi connectivity index (χ1v) is 4.89. The number of carbonyl (C=O) groups is 1. The number of rotatable bonds is 3. The van der Waals surface area contributed by atoms with Crippen molar-refractivity contribution in [3.05, 3.63) is 28.7 Å². The first kappa shape index (κ1) is 11.5. The summed E-state index contributed by atoms with van der Waals surface area (Å²) in [6.07, 6.45) is 0. The van der Waals surface area contributed by atoms with Crippen molar-refractivity contribution in [2.45, 2.75) is 0 Å². The monoisotopic (exact) mass is 271 g/mol. The summed E-state index contributed by atoms with van der Waals surface area (Å²) in [6.45, 7) is -0.182. The first-order valence-electron chi connectivity index (χ1n) is 4.09. The largest absolute Gasteiger partial charge is 0.425 e. The van der Waals surface area contributed by atoms with Crippen molar-refractivity contribution in [3.63, 3.8) is 0 Å². The number of nitrogens with zero attached hydrogens (tertiary/aromatic N) is 1. The van der Waals surface area contributed by atoms with Gasteiger partial charge >= 0.3 is 5.97 Å². The number of ether oxygens (including phenoxy) is 1. The van der Waals surface area contributed by atoms with Crippen LogP contribution in [-0.4, -0.2) is 18.5 Å². The Morgan fingerprint density at radius 3 is 2.47 bits per heavy atom. The summed E-state index contributed by atoms with van der Waals surface area (Å²) in [5.41, 5.74) is 10.1. The fraction of sp³-hybridized carbons (Fsp3) is 0.111. The minimum Gasteiger partial charge on any atom is -0.425 e. The molecule has 0 radical (unpaired) electrons. The molecule has 4 N–H and O–H groups in total. The second-order valence-electron chi connectivity index (χ2n) is 2.67. The molecule has 0 unspecified atom stereocenters. The number of esters is 1. The third-order valence-corrected chi connectivity index (χ3v) is 1.96. The number of nitrogens with two attached hydrogens (primary N) is 2. The Kier molecular flexibility index (Phi) is 4.11. The highest BCUT2D eigenvalue weighted by Gasteiger charge is 2.03. The van der Waals surface area contributed by atoms with Gasteiger partial charge in [-0.05, 0) is 24.3 Å². The van der Waals surface area contributed by atoms with Crippen molar-refractivity contribution in [2.24, 2.45) is 16.5 Å². The average molecular weight is 272 g/mol. The third kappa shape index (κ3) is 4.46. The van der Waals surface area contributed by atoms with E-state index in [0.717, 1.165) is 4.47 Å². The van der Waals surface area contributed by atoms with Gasteiger partial charge in [-0.3, -0.25) is 0 Å². The molecule has 0 amide bonds. The smallest absolute Gasteiger partial charge is 0.333 e. The zero-order valence-electron chi connectivity index (χ0n) is 7.81. The Balaban J connectivity index is 2.51. The molecule has 1 rings (SSSR count). The molecular weight excluding hydrogens is 262 g/mol. The van der Waals surface area contributed by atoms with Crippen molar-refractivity contribution in [2.75, 3.05) is 6.54 Å². The van der Waals surface area contributed by atoms with Gasteiger partial charge in [-0.2, -0.15) is 0 Å². The van der Waals surface area contributed by atoms with E-state index in [-0.39, 0.29) is 12.5 Å². The highest BCUT2D eigenvalue weighted by atomic mass is 79.9. The molecule has 6 heteroatoms. The Hall–Kier alpha value is -1.56. The number of carbonyl (C=O) groups excluding carboxylic acids is 1. The maximum absolute atomic E-state index is 11.1. The molecule has 0 fully saturated rings. The van der Waals surface area contributed by atoms with E-state index in [1.807, 2.05) is 0 Å². The van der Waals surface area contributed by atoms with E-state index in [0.29, 0.717) is 5.75 Å². The number of guanidine groups is 1. The van der Waals surface area contributed by atoms with E-state index < -0.39 is 5.97 Å². The van der Waals surface area contributed by atoms with Crippen LogP contribution < -0.4 is 16.2 Å². The zero-order valence-corrected chi connectivity index (χ0v) is 9.40. The van der Waals surface area contributed by atoms with Gasteiger partial charge < -0.3 is 16.2 Å². The van der Waals surface area contributed by atoms with Crippen LogP contribution in [0.4, 0.5) is 0 Å². The highest BCUT2D eigenvalue weighted by Crippen LogP contribution is 2.16. The first-order chi connectivity index (χ1) is 7.08. The molecule has 0 heterocycles. The van der Waals surface area contributed by atoms with Gasteiger partial charge in [-0.25, -0.2) is 9.79 Å². The summed E-state index contributed by atoms with van der Waals surface area (Å²) in [4.78, 5) is 14.7. The van der Waals surface area contributed by atoms with Gasteiger partial charge in [0, 0.05) is 4.47 Å². The minimum absolute atomic E-state index is 0.136. The van der Waals surface area contributed by atoms with Crippen LogP contribution in [0.15, 0.2) is 33.7 Å². The average Bonchev–Trinajstić information content (AvgIpc) is 2.19. The lowest BCUT2D eigenvalue weighted by atomic mass is 10.3. The number of hydrogen-bond acceptors (Lipinski definition) is 3. The Morgan fingerprint density at radius 2 is 1.93 bits per heavy atom. The molecule has 0 aliphatic rings. The van der Waals surface area contributed by atoms with E-state index in [2.05, 4.69) is 20.9 Å². The topological polar surface area (TPSA) is 90.7 Å². The van der Waals surface area contributed by atoms with Crippen molar-refractivity contribution in [3.8, 4) is 5.75 Å². The molecule has 1 aromatic carbocycles. The third-order valence-electron chi connectivity index (χ3n) is 1.44. The normalized spacial score (nSPS) is 9.40. The van der Waals surface area contributed by atoms with Gasteiger partial charge in [0.15, 0.2) is 5.96 Å². The molecule has 80 valence electrons. The molecule has 5 nitrogen and oxygen atoms in total. The van der Waals surface area contributed by atoms with Crippen molar-refractivity contribution < 1.29 is 9.53 Å². The molecule has 1 aromatic rings. The summed E-state index contributed by atoms with van der Waals surface area (Å²) in [5.74, 6) is -0.192. The highest BCUT2D eigenvalue weighted by molar-refractivity contribution is 9.10. The summed E-state index contributed by atoms with van der Waals surface area (Å²) in [6, 6.07) is 6.86. The molecule has 0 aliphatic carbocycles. The molecule has 0 aliphatic heterocycles. The van der Waals surface area contributed by atoms with Crippen molar-refractivity contribution in [1.29, 1.82) is 0 Å². The van der Waals surface area contributed by atoms with Gasteiger partial charge in [-0.1, -0.05) is 15.9 Å². The van der Waals surface area contributed by atoms with E-state index in [9.17, 15) is 4.79 Å². The predicted molar refractivity (Wildman–Crippen MR) is 60.5 cm³/mol.